The van der Waals surface area contributed by atoms with Crippen LogP contribution in [0.4, 0.5) is 0 Å². The number of nitrogens with zero attached hydrogens (tertiary/aromatic N) is 1. The minimum atomic E-state index is -0.0250. The van der Waals surface area contributed by atoms with Crippen LogP contribution in [0.25, 0.3) is 6.08 Å². The predicted octanol–water partition coefficient (Wildman–Crippen LogP) is 3.54. The number of hydrogen-bond acceptors (Lipinski definition) is 3. The van der Waals surface area contributed by atoms with Crippen LogP contribution in [-0.4, -0.2) is 36.3 Å². The van der Waals surface area contributed by atoms with E-state index >= 15 is 0 Å². The largest absolute Gasteiger partial charge is 0.465 e. The predicted molar refractivity (Wildman–Crippen MR) is 105 cm³/mol. The summed E-state index contributed by atoms with van der Waals surface area (Å²) in [5, 5.41) is 3.60. The van der Waals surface area contributed by atoms with E-state index in [4.69, 9.17) is 16.0 Å². The second kappa shape index (κ2) is 9.42. The fraction of sp³-hybridized carbons (Fsp3) is 0.333. The number of carbonyl (C=O) groups is 2. The van der Waals surface area contributed by atoms with Crippen molar-refractivity contribution in [3.05, 3.63) is 65.1 Å². The zero-order valence-electron chi connectivity index (χ0n) is 15.1. The van der Waals surface area contributed by atoms with Gasteiger partial charge in [-0.05, 0) is 48.6 Å². The van der Waals surface area contributed by atoms with E-state index in [-0.39, 0.29) is 18.2 Å². The fourth-order valence-corrected chi connectivity index (χ4v) is 3.34. The zero-order chi connectivity index (χ0) is 19.1. The van der Waals surface area contributed by atoms with Crippen LogP contribution in [-0.2, 0) is 16.0 Å². The molecule has 0 radical (unpaired) electrons. The van der Waals surface area contributed by atoms with Crippen molar-refractivity contribution < 1.29 is 14.0 Å². The molecule has 2 aromatic rings. The first-order valence-electron chi connectivity index (χ1n) is 9.12. The maximum atomic E-state index is 12.2. The van der Waals surface area contributed by atoms with Crippen molar-refractivity contribution >= 4 is 29.5 Å². The Morgan fingerprint density at radius 3 is 2.67 bits per heavy atom. The Hall–Kier alpha value is -2.53. The molecule has 2 heterocycles. The third-order valence-corrected chi connectivity index (χ3v) is 5.13. The van der Waals surface area contributed by atoms with Gasteiger partial charge < -0.3 is 14.6 Å². The lowest BCUT2D eigenvalue weighted by Gasteiger charge is -2.31. The van der Waals surface area contributed by atoms with Crippen LogP contribution in [0.1, 0.15) is 24.2 Å². The van der Waals surface area contributed by atoms with Crippen molar-refractivity contribution in [3.8, 4) is 0 Å². The van der Waals surface area contributed by atoms with E-state index in [1.165, 1.54) is 0 Å². The number of carbonyl (C=O) groups excluding carboxylic acids is 2. The molecule has 0 aliphatic carbocycles. The Bertz CT molecular complexity index is 794. The summed E-state index contributed by atoms with van der Waals surface area (Å²) in [6, 6.07) is 11.0. The topological polar surface area (TPSA) is 62.6 Å². The highest BCUT2D eigenvalue weighted by atomic mass is 35.5. The van der Waals surface area contributed by atoms with Gasteiger partial charge in [-0.15, -0.1) is 0 Å². The molecular formula is C21H23ClN2O3. The third-order valence-electron chi connectivity index (χ3n) is 4.76. The van der Waals surface area contributed by atoms with Crippen molar-refractivity contribution in [2.24, 2.45) is 5.92 Å². The first kappa shape index (κ1) is 19.2. The zero-order valence-corrected chi connectivity index (χ0v) is 15.8. The third kappa shape index (κ3) is 5.73. The van der Waals surface area contributed by atoms with Gasteiger partial charge in [0, 0.05) is 30.7 Å². The van der Waals surface area contributed by atoms with Gasteiger partial charge in [0.2, 0.25) is 11.8 Å². The summed E-state index contributed by atoms with van der Waals surface area (Å²) in [4.78, 5) is 26.2. The van der Waals surface area contributed by atoms with Gasteiger partial charge in [0.1, 0.15) is 5.76 Å². The molecule has 2 amide bonds. The van der Waals surface area contributed by atoms with Gasteiger partial charge in [0.05, 0.1) is 12.7 Å². The molecule has 6 heteroatoms. The van der Waals surface area contributed by atoms with Gasteiger partial charge in [0.15, 0.2) is 0 Å². The normalized spacial score (nSPS) is 15.2. The van der Waals surface area contributed by atoms with Crippen molar-refractivity contribution in [1.29, 1.82) is 0 Å². The number of furan rings is 1. The lowest BCUT2D eigenvalue weighted by atomic mass is 9.96. The number of hydrogen-bond donors (Lipinski definition) is 1. The van der Waals surface area contributed by atoms with Gasteiger partial charge in [-0.3, -0.25) is 9.59 Å². The van der Waals surface area contributed by atoms with Gasteiger partial charge >= 0.3 is 0 Å². The van der Waals surface area contributed by atoms with E-state index in [0.29, 0.717) is 36.3 Å². The summed E-state index contributed by atoms with van der Waals surface area (Å²) < 4.78 is 5.19. The second-order valence-corrected chi connectivity index (χ2v) is 7.10. The number of likely N-dealkylation sites (tertiary alicyclic amines) is 1. The first-order chi connectivity index (χ1) is 13.1. The van der Waals surface area contributed by atoms with E-state index in [2.05, 4.69) is 5.32 Å². The molecule has 1 aliphatic rings. The Kier molecular flexibility index (Phi) is 6.71. The van der Waals surface area contributed by atoms with Crippen molar-refractivity contribution in [3.63, 3.8) is 0 Å². The maximum absolute atomic E-state index is 12.2. The first-order valence-corrected chi connectivity index (χ1v) is 9.50. The van der Waals surface area contributed by atoms with E-state index in [0.717, 1.165) is 18.4 Å². The quantitative estimate of drug-likeness (QED) is 0.772. The summed E-state index contributed by atoms with van der Waals surface area (Å²) in [5.74, 6) is 1.02. The van der Waals surface area contributed by atoms with Crippen molar-refractivity contribution in [1.82, 2.24) is 10.2 Å². The van der Waals surface area contributed by atoms with Gasteiger partial charge in [-0.1, -0.05) is 29.8 Å². The summed E-state index contributed by atoms with van der Waals surface area (Å²) in [7, 11) is 0. The molecule has 0 unspecified atom stereocenters. The van der Waals surface area contributed by atoms with Crippen LogP contribution in [0, 0.1) is 5.92 Å². The Balaban J connectivity index is 1.38. The minimum absolute atomic E-state index is 0.00685. The Morgan fingerprint density at radius 2 is 1.96 bits per heavy atom. The highest BCUT2D eigenvalue weighted by Crippen LogP contribution is 2.18. The second-order valence-electron chi connectivity index (χ2n) is 6.69. The molecule has 27 heavy (non-hydrogen) atoms. The van der Waals surface area contributed by atoms with Crippen LogP contribution >= 0.6 is 11.6 Å². The standard InChI is InChI=1S/C21H23ClN2O3/c22-19-6-2-1-4-17(19)14-20(25)23-15-16-9-11-24(12-10-16)21(26)8-7-18-5-3-13-27-18/h1-8,13,16H,9-12,14-15H2,(H,23,25)/b8-7+. The number of benzene rings is 1. The number of halogens is 1. The molecule has 1 aromatic heterocycles. The Morgan fingerprint density at radius 1 is 1.19 bits per heavy atom. The monoisotopic (exact) mass is 386 g/mol. The fourth-order valence-electron chi connectivity index (χ4n) is 3.14. The molecule has 0 spiro atoms. The molecule has 142 valence electrons. The van der Waals surface area contributed by atoms with E-state index in [9.17, 15) is 9.59 Å². The SMILES string of the molecule is O=C(Cc1ccccc1Cl)NCC1CCN(C(=O)/C=C/c2ccco2)CC1. The number of nitrogens with one attached hydrogen (secondary N) is 1. The van der Waals surface area contributed by atoms with Crippen LogP contribution in [0.3, 0.4) is 0 Å². The molecule has 1 fully saturated rings. The molecule has 3 rings (SSSR count). The summed E-state index contributed by atoms with van der Waals surface area (Å²) in [6.45, 7) is 2.03. The van der Waals surface area contributed by atoms with Crippen molar-refractivity contribution in [2.45, 2.75) is 19.3 Å². The van der Waals surface area contributed by atoms with E-state index < -0.39 is 0 Å². The molecular weight excluding hydrogens is 364 g/mol. The van der Waals surface area contributed by atoms with Crippen LogP contribution in [0.15, 0.2) is 53.2 Å². The lowest BCUT2D eigenvalue weighted by Crippen LogP contribution is -2.41. The molecule has 0 saturated carbocycles. The van der Waals surface area contributed by atoms with Crippen molar-refractivity contribution in [2.75, 3.05) is 19.6 Å². The minimum Gasteiger partial charge on any atom is -0.465 e. The summed E-state index contributed by atoms with van der Waals surface area (Å²) >= 11 is 6.09. The van der Waals surface area contributed by atoms with Crippen LogP contribution in [0.2, 0.25) is 5.02 Å². The molecule has 0 atom stereocenters. The van der Waals surface area contributed by atoms with Crippen LogP contribution < -0.4 is 5.32 Å². The summed E-state index contributed by atoms with van der Waals surface area (Å²) in [5.41, 5.74) is 0.834. The van der Waals surface area contributed by atoms with E-state index in [1.807, 2.05) is 23.1 Å². The van der Waals surface area contributed by atoms with E-state index in [1.54, 1.807) is 36.6 Å². The molecule has 1 aromatic carbocycles. The highest BCUT2D eigenvalue weighted by Gasteiger charge is 2.22. The van der Waals surface area contributed by atoms with Gasteiger partial charge in [0.25, 0.3) is 0 Å². The average molecular weight is 387 g/mol. The molecule has 1 N–H and O–H groups in total. The molecule has 0 bridgehead atoms. The number of amides is 2. The molecule has 1 saturated heterocycles. The average Bonchev–Trinajstić information content (AvgIpc) is 3.20. The van der Waals surface area contributed by atoms with Gasteiger partial charge in [-0.25, -0.2) is 0 Å². The Labute approximate surface area is 164 Å². The van der Waals surface area contributed by atoms with Crippen LogP contribution in [0.5, 0.6) is 0 Å². The summed E-state index contributed by atoms with van der Waals surface area (Å²) in [6.07, 6.45) is 6.86. The molecule has 5 nitrogen and oxygen atoms in total. The highest BCUT2D eigenvalue weighted by molar-refractivity contribution is 6.31. The molecule has 1 aliphatic heterocycles. The smallest absolute Gasteiger partial charge is 0.246 e. The lowest BCUT2D eigenvalue weighted by molar-refractivity contribution is -0.127. The number of rotatable bonds is 6. The van der Waals surface area contributed by atoms with Gasteiger partial charge in [-0.2, -0.15) is 0 Å². The maximum Gasteiger partial charge on any atom is 0.246 e. The number of piperidine rings is 1.